The molecule has 0 aliphatic heterocycles. The molecule has 1 heterocycles. The Morgan fingerprint density at radius 2 is 1.68 bits per heavy atom. The lowest BCUT2D eigenvalue weighted by Gasteiger charge is -2.09. The third-order valence-electron chi connectivity index (χ3n) is 5.66. The van der Waals surface area contributed by atoms with E-state index in [1.54, 1.807) is 0 Å². The molecule has 0 radical (unpaired) electrons. The van der Waals surface area contributed by atoms with Crippen LogP contribution in [0, 0.1) is 12.3 Å². The maximum absolute atomic E-state index is 11.4. The first kappa shape index (κ1) is 25.4. The van der Waals surface area contributed by atoms with Crippen molar-refractivity contribution in [3.63, 3.8) is 0 Å². The van der Waals surface area contributed by atoms with Crippen molar-refractivity contribution in [3.8, 4) is 17.2 Å². The molecule has 4 rings (SSSR count). The van der Waals surface area contributed by atoms with Gasteiger partial charge < -0.3 is 19.7 Å². The lowest BCUT2D eigenvalue weighted by atomic mass is 10.1. The predicted molar refractivity (Wildman–Crippen MR) is 142 cm³/mol. The first-order chi connectivity index (χ1) is 18.0. The van der Waals surface area contributed by atoms with E-state index in [4.69, 9.17) is 14.6 Å². The van der Waals surface area contributed by atoms with Gasteiger partial charge in [-0.3, -0.25) is 5.41 Å². The summed E-state index contributed by atoms with van der Waals surface area (Å²) >= 11 is 0. The third-order valence-corrected chi connectivity index (χ3v) is 5.66. The summed E-state index contributed by atoms with van der Waals surface area (Å²) in [7, 11) is 0. The van der Waals surface area contributed by atoms with Crippen LogP contribution in [0.1, 0.15) is 22.6 Å². The second-order valence-electron chi connectivity index (χ2n) is 8.37. The van der Waals surface area contributed by atoms with Crippen molar-refractivity contribution in [3.05, 3.63) is 108 Å². The molecule has 8 heteroatoms. The van der Waals surface area contributed by atoms with Gasteiger partial charge in [-0.05, 0) is 42.3 Å². The maximum atomic E-state index is 11.4. The first-order valence-corrected chi connectivity index (χ1v) is 11.9. The van der Waals surface area contributed by atoms with Crippen LogP contribution in [0.4, 0.5) is 0 Å². The summed E-state index contributed by atoms with van der Waals surface area (Å²) in [5.74, 6) is 0.729. The Bertz CT molecular complexity index is 1360. The summed E-state index contributed by atoms with van der Waals surface area (Å²) in [6, 6.07) is 26.7. The molecule has 0 bridgehead atoms. The highest BCUT2D eigenvalue weighted by atomic mass is 16.5. The minimum Gasteiger partial charge on any atom is -0.493 e. The first-order valence-electron chi connectivity index (χ1n) is 11.9. The average molecular weight is 497 g/mol. The van der Waals surface area contributed by atoms with Crippen molar-refractivity contribution in [2.45, 2.75) is 26.3 Å². The number of ether oxygens (including phenoxy) is 1. The number of carbonyl (C=O) groups is 1. The van der Waals surface area contributed by atoms with Gasteiger partial charge in [0.1, 0.15) is 11.5 Å². The van der Waals surface area contributed by atoms with E-state index < -0.39 is 11.7 Å². The van der Waals surface area contributed by atoms with Gasteiger partial charge >= 0.3 is 5.97 Å². The van der Waals surface area contributed by atoms with E-state index in [0.29, 0.717) is 31.2 Å². The van der Waals surface area contributed by atoms with Crippen molar-refractivity contribution in [1.29, 1.82) is 5.41 Å². The van der Waals surface area contributed by atoms with E-state index in [1.807, 2.05) is 91.9 Å². The summed E-state index contributed by atoms with van der Waals surface area (Å²) < 4.78 is 11.7. The molecule has 3 N–H and O–H groups in total. The molecule has 0 aliphatic carbocycles. The zero-order chi connectivity index (χ0) is 26.0. The number of aliphatic carboxylic acids is 1. The standard InChI is InChI=1S/C29H28N4O4/c1-20-25(32-28(37-20)23-10-6-3-7-11-23)16-17-36-24-14-12-21(13-15-24)18-26(27(30)29(34)35)33-31-19-22-8-4-2-5-9-22/h2-15,30-31H,16-19H2,1H3,(H,34,35)/b30-27?,33-26-. The highest BCUT2D eigenvalue weighted by molar-refractivity contribution is 6.64. The Labute approximate surface area is 215 Å². The topological polar surface area (TPSA) is 121 Å². The van der Waals surface area contributed by atoms with Gasteiger partial charge in [-0.15, -0.1) is 0 Å². The molecular formula is C29H28N4O4. The summed E-state index contributed by atoms with van der Waals surface area (Å²) in [5.41, 5.74) is 6.09. The predicted octanol–water partition coefficient (Wildman–Crippen LogP) is 5.06. The van der Waals surface area contributed by atoms with E-state index >= 15 is 0 Å². The number of nitrogens with zero attached hydrogens (tertiary/aromatic N) is 2. The fraction of sp³-hybridized carbons (Fsp3) is 0.172. The van der Waals surface area contributed by atoms with E-state index in [1.165, 1.54) is 0 Å². The van der Waals surface area contributed by atoms with Gasteiger partial charge in [0.05, 0.1) is 24.6 Å². The van der Waals surface area contributed by atoms with E-state index in [0.717, 1.165) is 28.1 Å². The Hall–Kier alpha value is -4.72. The van der Waals surface area contributed by atoms with Crippen molar-refractivity contribution >= 4 is 17.4 Å². The SMILES string of the molecule is Cc1oc(-c2ccccc2)nc1CCOc1ccc(C/C(=N/NCc2ccccc2)C(=N)C(=O)O)cc1. The molecule has 8 nitrogen and oxygen atoms in total. The van der Waals surface area contributed by atoms with Crippen molar-refractivity contribution in [1.82, 2.24) is 10.4 Å². The minimum absolute atomic E-state index is 0.146. The molecule has 0 unspecified atom stereocenters. The molecule has 4 aromatic rings. The molecule has 0 aliphatic rings. The van der Waals surface area contributed by atoms with Crippen molar-refractivity contribution < 1.29 is 19.1 Å². The number of hydrogen-bond acceptors (Lipinski definition) is 7. The van der Waals surface area contributed by atoms with Crippen LogP contribution in [-0.2, 0) is 24.2 Å². The summed E-state index contributed by atoms with van der Waals surface area (Å²) in [4.78, 5) is 16.0. The second-order valence-corrected chi connectivity index (χ2v) is 8.37. The molecule has 0 saturated carbocycles. The van der Waals surface area contributed by atoms with Gasteiger partial charge in [-0.2, -0.15) is 5.10 Å². The number of aryl methyl sites for hydroxylation is 1. The van der Waals surface area contributed by atoms with E-state index in [2.05, 4.69) is 15.5 Å². The van der Waals surface area contributed by atoms with Crippen LogP contribution in [0.25, 0.3) is 11.5 Å². The summed E-state index contributed by atoms with van der Waals surface area (Å²) in [6.45, 7) is 2.76. The number of carboxylic acid groups (broad SMARTS) is 1. The largest absolute Gasteiger partial charge is 0.493 e. The van der Waals surface area contributed by atoms with Gasteiger partial charge in [-0.1, -0.05) is 60.7 Å². The number of nitrogens with one attached hydrogen (secondary N) is 2. The Morgan fingerprint density at radius 1 is 1.00 bits per heavy atom. The molecule has 0 atom stereocenters. The van der Waals surface area contributed by atoms with Crippen LogP contribution >= 0.6 is 0 Å². The normalized spacial score (nSPS) is 11.2. The zero-order valence-electron chi connectivity index (χ0n) is 20.5. The maximum Gasteiger partial charge on any atom is 0.355 e. The van der Waals surface area contributed by atoms with Crippen LogP contribution in [0.5, 0.6) is 5.75 Å². The molecule has 0 saturated heterocycles. The van der Waals surface area contributed by atoms with Crippen LogP contribution in [-0.4, -0.2) is 34.1 Å². The lowest BCUT2D eigenvalue weighted by molar-refractivity contribution is -0.129. The monoisotopic (exact) mass is 496 g/mol. The number of benzene rings is 3. The molecule has 1 aromatic heterocycles. The Kier molecular flexibility index (Phi) is 8.44. The third kappa shape index (κ3) is 7.14. The van der Waals surface area contributed by atoms with Gasteiger partial charge in [0.25, 0.3) is 0 Å². The smallest absolute Gasteiger partial charge is 0.355 e. The van der Waals surface area contributed by atoms with Crippen LogP contribution in [0.2, 0.25) is 0 Å². The van der Waals surface area contributed by atoms with E-state index in [-0.39, 0.29) is 12.1 Å². The number of rotatable bonds is 12. The fourth-order valence-electron chi connectivity index (χ4n) is 3.66. The zero-order valence-corrected chi connectivity index (χ0v) is 20.5. The number of hydrazone groups is 1. The fourth-order valence-corrected chi connectivity index (χ4v) is 3.66. The summed E-state index contributed by atoms with van der Waals surface area (Å²) in [6.07, 6.45) is 0.803. The van der Waals surface area contributed by atoms with Gasteiger partial charge in [0.15, 0.2) is 5.71 Å². The molecule has 3 aromatic carbocycles. The average Bonchev–Trinajstić information content (AvgIpc) is 3.30. The van der Waals surface area contributed by atoms with Crippen LogP contribution in [0.3, 0.4) is 0 Å². The Morgan fingerprint density at radius 3 is 2.35 bits per heavy atom. The number of oxazole rings is 1. The highest BCUT2D eigenvalue weighted by Crippen LogP contribution is 2.22. The number of hydrogen-bond donors (Lipinski definition) is 3. The number of carboxylic acids is 1. The molecule has 0 amide bonds. The van der Waals surface area contributed by atoms with Crippen molar-refractivity contribution in [2.24, 2.45) is 5.10 Å². The Balaban J connectivity index is 1.33. The second kappa shape index (κ2) is 12.3. The molecule has 0 fully saturated rings. The van der Waals surface area contributed by atoms with Gasteiger partial charge in [0.2, 0.25) is 5.89 Å². The summed E-state index contributed by atoms with van der Waals surface area (Å²) in [5, 5.41) is 21.4. The lowest BCUT2D eigenvalue weighted by Crippen LogP contribution is -2.27. The van der Waals surface area contributed by atoms with E-state index in [9.17, 15) is 9.90 Å². The highest BCUT2D eigenvalue weighted by Gasteiger charge is 2.16. The van der Waals surface area contributed by atoms with Crippen molar-refractivity contribution in [2.75, 3.05) is 6.61 Å². The molecule has 188 valence electrons. The number of aromatic nitrogens is 1. The van der Waals surface area contributed by atoms with Gasteiger partial charge in [-0.25, -0.2) is 9.78 Å². The molecule has 37 heavy (non-hydrogen) atoms. The van der Waals surface area contributed by atoms with Crippen LogP contribution in [0.15, 0.2) is 94.4 Å². The molecule has 0 spiro atoms. The quantitative estimate of drug-likeness (QED) is 0.186. The van der Waals surface area contributed by atoms with Crippen LogP contribution < -0.4 is 10.2 Å². The molecular weight excluding hydrogens is 468 g/mol. The minimum atomic E-state index is -1.32. The van der Waals surface area contributed by atoms with Gasteiger partial charge in [0, 0.05) is 18.4 Å².